The monoisotopic (exact) mass is 292 g/mol. The molecule has 1 aromatic carbocycles. The Labute approximate surface area is 128 Å². The standard InChI is InChI=1S/C17H28N2O2/c20-12-14-21-13-9-18-15-16-5-7-17(8-6-16)19-10-3-1-2-4-11-19/h5-8,18,20H,1-4,9-15H2. The summed E-state index contributed by atoms with van der Waals surface area (Å²) >= 11 is 0. The topological polar surface area (TPSA) is 44.7 Å². The van der Waals surface area contributed by atoms with Crippen LogP contribution in [0.4, 0.5) is 5.69 Å². The van der Waals surface area contributed by atoms with E-state index in [0.717, 1.165) is 13.1 Å². The molecule has 1 aliphatic heterocycles. The average molecular weight is 292 g/mol. The van der Waals surface area contributed by atoms with Gasteiger partial charge in [-0.05, 0) is 30.5 Å². The van der Waals surface area contributed by atoms with Crippen molar-refractivity contribution in [3.63, 3.8) is 0 Å². The number of aliphatic hydroxyl groups is 1. The maximum Gasteiger partial charge on any atom is 0.0698 e. The fourth-order valence-electron chi connectivity index (χ4n) is 2.70. The summed E-state index contributed by atoms with van der Waals surface area (Å²) in [5.74, 6) is 0. The normalized spacial score (nSPS) is 16.0. The minimum atomic E-state index is 0.0952. The first kappa shape index (κ1) is 16.3. The number of ether oxygens (including phenoxy) is 1. The fourth-order valence-corrected chi connectivity index (χ4v) is 2.70. The molecule has 2 rings (SSSR count). The first-order chi connectivity index (χ1) is 10.4. The fraction of sp³-hybridized carbons (Fsp3) is 0.647. The molecule has 21 heavy (non-hydrogen) atoms. The molecule has 4 nitrogen and oxygen atoms in total. The van der Waals surface area contributed by atoms with Gasteiger partial charge < -0.3 is 20.1 Å². The van der Waals surface area contributed by atoms with Crippen LogP contribution in [0, 0.1) is 0 Å². The number of hydrogen-bond donors (Lipinski definition) is 2. The van der Waals surface area contributed by atoms with Gasteiger partial charge in [-0.25, -0.2) is 0 Å². The molecular weight excluding hydrogens is 264 g/mol. The highest BCUT2D eigenvalue weighted by atomic mass is 16.5. The second kappa shape index (κ2) is 9.77. The van der Waals surface area contributed by atoms with Crippen molar-refractivity contribution >= 4 is 5.69 Å². The zero-order valence-electron chi connectivity index (χ0n) is 12.9. The van der Waals surface area contributed by atoms with Crippen LogP contribution in [-0.2, 0) is 11.3 Å². The van der Waals surface area contributed by atoms with Crippen molar-refractivity contribution in [2.45, 2.75) is 32.2 Å². The molecule has 4 heteroatoms. The predicted molar refractivity (Wildman–Crippen MR) is 86.7 cm³/mol. The highest BCUT2D eigenvalue weighted by molar-refractivity contribution is 5.47. The Morgan fingerprint density at radius 1 is 1.00 bits per heavy atom. The highest BCUT2D eigenvalue weighted by Gasteiger charge is 2.09. The van der Waals surface area contributed by atoms with E-state index >= 15 is 0 Å². The number of hydrogen-bond acceptors (Lipinski definition) is 4. The second-order valence-electron chi connectivity index (χ2n) is 5.58. The Morgan fingerprint density at radius 3 is 2.38 bits per heavy atom. The third-order valence-electron chi connectivity index (χ3n) is 3.90. The Balaban J connectivity index is 1.71. The number of aliphatic hydroxyl groups excluding tert-OH is 1. The lowest BCUT2D eigenvalue weighted by atomic mass is 10.2. The molecule has 0 amide bonds. The molecule has 0 atom stereocenters. The molecule has 118 valence electrons. The van der Waals surface area contributed by atoms with E-state index in [1.165, 1.54) is 50.0 Å². The van der Waals surface area contributed by atoms with Crippen LogP contribution in [0.15, 0.2) is 24.3 Å². The van der Waals surface area contributed by atoms with Gasteiger partial charge in [0.15, 0.2) is 0 Å². The van der Waals surface area contributed by atoms with Crippen LogP contribution in [0.5, 0.6) is 0 Å². The smallest absolute Gasteiger partial charge is 0.0698 e. The van der Waals surface area contributed by atoms with E-state index in [1.54, 1.807) is 0 Å². The van der Waals surface area contributed by atoms with E-state index in [2.05, 4.69) is 34.5 Å². The van der Waals surface area contributed by atoms with Crippen LogP contribution in [0.25, 0.3) is 0 Å². The lowest BCUT2D eigenvalue weighted by molar-refractivity contribution is 0.0938. The van der Waals surface area contributed by atoms with Gasteiger partial charge in [-0.1, -0.05) is 25.0 Å². The quantitative estimate of drug-likeness (QED) is 0.721. The lowest BCUT2D eigenvalue weighted by Crippen LogP contribution is -2.24. The van der Waals surface area contributed by atoms with Crippen molar-refractivity contribution in [2.75, 3.05) is 44.4 Å². The predicted octanol–water partition coefficient (Wildman–Crippen LogP) is 2.17. The summed E-state index contributed by atoms with van der Waals surface area (Å²) < 4.78 is 5.21. The lowest BCUT2D eigenvalue weighted by Gasteiger charge is -2.22. The minimum absolute atomic E-state index is 0.0952. The molecule has 1 fully saturated rings. The van der Waals surface area contributed by atoms with E-state index in [-0.39, 0.29) is 6.61 Å². The highest BCUT2D eigenvalue weighted by Crippen LogP contribution is 2.19. The van der Waals surface area contributed by atoms with Crippen LogP contribution in [0.3, 0.4) is 0 Å². The SMILES string of the molecule is OCCOCCNCc1ccc(N2CCCCCC2)cc1. The molecule has 0 unspecified atom stereocenters. The van der Waals surface area contributed by atoms with E-state index in [9.17, 15) is 0 Å². The minimum Gasteiger partial charge on any atom is -0.394 e. The molecule has 1 saturated heterocycles. The molecule has 1 heterocycles. The molecule has 0 aliphatic carbocycles. The van der Waals surface area contributed by atoms with Crippen molar-refractivity contribution in [3.05, 3.63) is 29.8 Å². The summed E-state index contributed by atoms with van der Waals surface area (Å²) in [4.78, 5) is 2.51. The molecular formula is C17H28N2O2. The summed E-state index contributed by atoms with van der Waals surface area (Å²) in [6, 6.07) is 8.90. The van der Waals surface area contributed by atoms with Crippen molar-refractivity contribution in [2.24, 2.45) is 0 Å². The molecule has 0 saturated carbocycles. The zero-order valence-corrected chi connectivity index (χ0v) is 12.9. The first-order valence-corrected chi connectivity index (χ1v) is 8.13. The Morgan fingerprint density at radius 2 is 1.71 bits per heavy atom. The number of nitrogens with one attached hydrogen (secondary N) is 1. The van der Waals surface area contributed by atoms with Crippen LogP contribution in [0.1, 0.15) is 31.2 Å². The Bertz CT molecular complexity index is 373. The van der Waals surface area contributed by atoms with Gasteiger partial charge in [0.25, 0.3) is 0 Å². The van der Waals surface area contributed by atoms with Crippen molar-refractivity contribution < 1.29 is 9.84 Å². The maximum atomic E-state index is 8.60. The van der Waals surface area contributed by atoms with Crippen molar-refractivity contribution in [1.29, 1.82) is 0 Å². The molecule has 0 radical (unpaired) electrons. The van der Waals surface area contributed by atoms with Gasteiger partial charge in [0.05, 0.1) is 19.8 Å². The van der Waals surface area contributed by atoms with Crippen LogP contribution in [-0.4, -0.2) is 44.6 Å². The van der Waals surface area contributed by atoms with Crippen LogP contribution < -0.4 is 10.2 Å². The maximum absolute atomic E-state index is 8.60. The van der Waals surface area contributed by atoms with Crippen LogP contribution in [0.2, 0.25) is 0 Å². The second-order valence-corrected chi connectivity index (χ2v) is 5.58. The number of rotatable bonds is 8. The summed E-state index contributed by atoms with van der Waals surface area (Å²) in [5, 5.41) is 12.0. The Hall–Kier alpha value is -1.10. The summed E-state index contributed by atoms with van der Waals surface area (Å²) in [5.41, 5.74) is 2.66. The molecule has 0 spiro atoms. The number of benzene rings is 1. The van der Waals surface area contributed by atoms with Gasteiger partial charge in [0, 0.05) is 31.9 Å². The van der Waals surface area contributed by atoms with Gasteiger partial charge >= 0.3 is 0 Å². The molecule has 0 bridgehead atoms. The largest absolute Gasteiger partial charge is 0.394 e. The summed E-state index contributed by atoms with van der Waals surface area (Å²) in [6.45, 7) is 5.23. The van der Waals surface area contributed by atoms with E-state index in [4.69, 9.17) is 9.84 Å². The van der Waals surface area contributed by atoms with E-state index < -0.39 is 0 Å². The van der Waals surface area contributed by atoms with Gasteiger partial charge in [-0.15, -0.1) is 0 Å². The van der Waals surface area contributed by atoms with Crippen LogP contribution >= 0.6 is 0 Å². The zero-order chi connectivity index (χ0) is 14.8. The first-order valence-electron chi connectivity index (χ1n) is 8.13. The third-order valence-corrected chi connectivity index (χ3v) is 3.90. The van der Waals surface area contributed by atoms with E-state index in [0.29, 0.717) is 13.2 Å². The van der Waals surface area contributed by atoms with Gasteiger partial charge in [0.2, 0.25) is 0 Å². The van der Waals surface area contributed by atoms with Gasteiger partial charge in [-0.2, -0.15) is 0 Å². The molecule has 1 aromatic rings. The molecule has 0 aromatic heterocycles. The summed E-state index contributed by atoms with van der Waals surface area (Å²) in [7, 11) is 0. The van der Waals surface area contributed by atoms with E-state index in [1.807, 2.05) is 0 Å². The number of nitrogens with zero attached hydrogens (tertiary/aromatic N) is 1. The summed E-state index contributed by atoms with van der Waals surface area (Å²) in [6.07, 6.45) is 5.38. The van der Waals surface area contributed by atoms with Gasteiger partial charge in [-0.3, -0.25) is 0 Å². The average Bonchev–Trinajstić information content (AvgIpc) is 2.81. The Kier molecular flexibility index (Phi) is 7.57. The molecule has 1 aliphatic rings. The van der Waals surface area contributed by atoms with Crippen molar-refractivity contribution in [1.82, 2.24) is 5.32 Å². The molecule has 2 N–H and O–H groups in total. The number of anilines is 1. The third kappa shape index (κ3) is 6.04. The van der Waals surface area contributed by atoms with Crippen molar-refractivity contribution in [3.8, 4) is 0 Å². The van der Waals surface area contributed by atoms with Gasteiger partial charge in [0.1, 0.15) is 0 Å².